The summed E-state index contributed by atoms with van der Waals surface area (Å²) in [5.41, 5.74) is 1.03. The van der Waals surface area contributed by atoms with E-state index in [2.05, 4.69) is 30.7 Å². The molecular formula is C15H23N3O3. The quantitative estimate of drug-likeness (QED) is 0.900. The van der Waals surface area contributed by atoms with Gasteiger partial charge in [0.2, 0.25) is 0 Å². The predicted molar refractivity (Wildman–Crippen MR) is 81.2 cm³/mol. The summed E-state index contributed by atoms with van der Waals surface area (Å²) in [6.45, 7) is 7.46. The topological polar surface area (TPSA) is 71.5 Å². The van der Waals surface area contributed by atoms with Crippen LogP contribution >= 0.6 is 0 Å². The van der Waals surface area contributed by atoms with Crippen molar-refractivity contribution in [3.8, 4) is 0 Å². The van der Waals surface area contributed by atoms with Crippen LogP contribution in [0.5, 0.6) is 0 Å². The molecule has 0 aromatic carbocycles. The number of aliphatic hydroxyl groups is 1. The fraction of sp³-hybridized carbons (Fsp3) is 0.600. The number of pyridine rings is 1. The second kappa shape index (κ2) is 5.99. The van der Waals surface area contributed by atoms with Gasteiger partial charge in [0.25, 0.3) is 0 Å². The first-order valence-corrected chi connectivity index (χ1v) is 7.10. The Hall–Kier alpha value is -1.66. The van der Waals surface area contributed by atoms with Crippen molar-refractivity contribution in [1.82, 2.24) is 14.5 Å². The number of oxazole rings is 1. The third-order valence-corrected chi connectivity index (χ3v) is 3.81. The lowest BCUT2D eigenvalue weighted by molar-refractivity contribution is 0.0639. The van der Waals surface area contributed by atoms with Gasteiger partial charge in [-0.3, -0.25) is 9.47 Å². The average Bonchev–Trinajstić information content (AvgIpc) is 2.71. The number of nitrogens with zero attached hydrogens (tertiary/aromatic N) is 3. The molecule has 21 heavy (non-hydrogen) atoms. The van der Waals surface area contributed by atoms with Gasteiger partial charge in [-0.25, -0.2) is 9.78 Å². The van der Waals surface area contributed by atoms with Gasteiger partial charge in [-0.1, -0.05) is 20.8 Å². The lowest BCUT2D eigenvalue weighted by Gasteiger charge is -2.36. The molecule has 0 aliphatic carbocycles. The SMILES string of the molecule is CN(CCn1c(=O)oc2cccnc21)C(CO)C(C)(C)C. The van der Waals surface area contributed by atoms with E-state index in [-0.39, 0.29) is 18.1 Å². The van der Waals surface area contributed by atoms with Crippen molar-refractivity contribution in [3.63, 3.8) is 0 Å². The summed E-state index contributed by atoms with van der Waals surface area (Å²) in [4.78, 5) is 18.1. The third kappa shape index (κ3) is 3.33. The maximum absolute atomic E-state index is 11.9. The van der Waals surface area contributed by atoms with Crippen LogP contribution in [0, 0.1) is 5.41 Å². The van der Waals surface area contributed by atoms with Crippen LogP contribution < -0.4 is 5.76 Å². The van der Waals surface area contributed by atoms with E-state index in [0.717, 1.165) is 0 Å². The Bertz CT molecular complexity index is 654. The van der Waals surface area contributed by atoms with Crippen molar-refractivity contribution >= 4 is 11.2 Å². The summed E-state index contributed by atoms with van der Waals surface area (Å²) < 4.78 is 6.69. The van der Waals surface area contributed by atoms with Gasteiger partial charge in [0.05, 0.1) is 6.61 Å². The Labute approximate surface area is 124 Å². The molecule has 0 aliphatic heterocycles. The zero-order chi connectivity index (χ0) is 15.6. The molecule has 0 bridgehead atoms. The second-order valence-electron chi connectivity index (χ2n) is 6.39. The molecule has 1 unspecified atom stereocenters. The van der Waals surface area contributed by atoms with Crippen LogP contribution in [-0.2, 0) is 6.54 Å². The van der Waals surface area contributed by atoms with Crippen molar-refractivity contribution < 1.29 is 9.52 Å². The Morgan fingerprint density at radius 2 is 2.19 bits per heavy atom. The fourth-order valence-corrected chi connectivity index (χ4v) is 2.59. The van der Waals surface area contributed by atoms with Crippen LogP contribution in [0.4, 0.5) is 0 Å². The van der Waals surface area contributed by atoms with E-state index in [1.165, 1.54) is 4.57 Å². The summed E-state index contributed by atoms with van der Waals surface area (Å²) in [6.07, 6.45) is 1.64. The summed E-state index contributed by atoms with van der Waals surface area (Å²) in [5.74, 6) is -0.395. The number of aliphatic hydroxyl groups excluding tert-OH is 1. The smallest absolute Gasteiger partial charge is 0.406 e. The number of likely N-dealkylation sites (N-methyl/N-ethyl adjacent to an activating group) is 1. The minimum Gasteiger partial charge on any atom is -0.406 e. The molecule has 0 spiro atoms. The standard InChI is InChI=1S/C15H23N3O3/c1-15(2,3)12(10-19)17(4)8-9-18-13-11(21-14(18)20)6-5-7-16-13/h5-7,12,19H,8-10H2,1-4H3. The van der Waals surface area contributed by atoms with E-state index in [1.807, 2.05) is 7.05 Å². The van der Waals surface area contributed by atoms with Gasteiger partial charge in [-0.15, -0.1) is 0 Å². The molecule has 0 fully saturated rings. The number of rotatable bonds is 5. The van der Waals surface area contributed by atoms with Gasteiger partial charge < -0.3 is 9.52 Å². The molecule has 0 saturated heterocycles. The third-order valence-electron chi connectivity index (χ3n) is 3.81. The van der Waals surface area contributed by atoms with Crippen LogP contribution in [0.1, 0.15) is 20.8 Å². The van der Waals surface area contributed by atoms with E-state index < -0.39 is 5.76 Å². The van der Waals surface area contributed by atoms with E-state index in [9.17, 15) is 9.90 Å². The first-order valence-electron chi connectivity index (χ1n) is 7.10. The Kier molecular flexibility index (Phi) is 4.49. The fourth-order valence-electron chi connectivity index (χ4n) is 2.59. The zero-order valence-corrected chi connectivity index (χ0v) is 13.0. The lowest BCUT2D eigenvalue weighted by Crippen LogP contribution is -2.45. The van der Waals surface area contributed by atoms with Gasteiger partial charge in [0, 0.05) is 25.3 Å². The highest BCUT2D eigenvalue weighted by atomic mass is 16.4. The molecule has 1 atom stereocenters. The largest absolute Gasteiger partial charge is 0.421 e. The molecule has 0 radical (unpaired) electrons. The summed E-state index contributed by atoms with van der Waals surface area (Å²) >= 11 is 0. The van der Waals surface area contributed by atoms with Gasteiger partial charge in [0.1, 0.15) is 0 Å². The van der Waals surface area contributed by atoms with E-state index >= 15 is 0 Å². The minimum atomic E-state index is -0.395. The minimum absolute atomic E-state index is 0.0272. The van der Waals surface area contributed by atoms with E-state index in [1.54, 1.807) is 18.3 Å². The molecule has 0 aliphatic rings. The first kappa shape index (κ1) is 15.7. The second-order valence-corrected chi connectivity index (χ2v) is 6.39. The predicted octanol–water partition coefficient (Wildman–Crippen LogP) is 1.33. The highest BCUT2D eigenvalue weighted by Gasteiger charge is 2.27. The van der Waals surface area contributed by atoms with Crippen LogP contribution in [0.25, 0.3) is 11.2 Å². The molecule has 2 heterocycles. The van der Waals surface area contributed by atoms with Crippen molar-refractivity contribution in [3.05, 3.63) is 28.9 Å². The molecule has 1 N–H and O–H groups in total. The van der Waals surface area contributed by atoms with Crippen LogP contribution in [0.3, 0.4) is 0 Å². The summed E-state index contributed by atoms with van der Waals surface area (Å²) in [5, 5.41) is 9.57. The van der Waals surface area contributed by atoms with Gasteiger partial charge in [0.15, 0.2) is 11.2 Å². The highest BCUT2D eigenvalue weighted by molar-refractivity contribution is 5.67. The maximum atomic E-state index is 11.9. The molecule has 2 rings (SSSR count). The van der Waals surface area contributed by atoms with Crippen molar-refractivity contribution in [1.29, 1.82) is 0 Å². The molecule has 6 heteroatoms. The number of hydrogen-bond acceptors (Lipinski definition) is 5. The van der Waals surface area contributed by atoms with Gasteiger partial charge in [-0.2, -0.15) is 0 Å². The Balaban J connectivity index is 2.15. The molecule has 2 aromatic rings. The molecule has 0 saturated carbocycles. The zero-order valence-electron chi connectivity index (χ0n) is 13.0. The average molecular weight is 293 g/mol. The van der Waals surface area contributed by atoms with E-state index in [4.69, 9.17) is 4.42 Å². The van der Waals surface area contributed by atoms with E-state index in [0.29, 0.717) is 24.3 Å². The number of aromatic nitrogens is 2. The molecule has 6 nitrogen and oxygen atoms in total. The van der Waals surface area contributed by atoms with Crippen LogP contribution in [0.2, 0.25) is 0 Å². The molecule has 116 valence electrons. The van der Waals surface area contributed by atoms with Crippen molar-refractivity contribution in [2.45, 2.75) is 33.4 Å². The Morgan fingerprint density at radius 1 is 1.48 bits per heavy atom. The number of hydrogen-bond donors (Lipinski definition) is 1. The van der Waals surface area contributed by atoms with Gasteiger partial charge >= 0.3 is 5.76 Å². The monoisotopic (exact) mass is 293 g/mol. The first-order chi connectivity index (χ1) is 9.84. The Morgan fingerprint density at radius 3 is 2.81 bits per heavy atom. The normalized spacial score (nSPS) is 14.0. The summed E-state index contributed by atoms with van der Waals surface area (Å²) in [6, 6.07) is 3.50. The van der Waals surface area contributed by atoms with Crippen molar-refractivity contribution in [2.75, 3.05) is 20.2 Å². The number of fused-ring (bicyclic) bond motifs is 1. The molecular weight excluding hydrogens is 270 g/mol. The lowest BCUT2D eigenvalue weighted by atomic mass is 9.86. The molecule has 0 amide bonds. The van der Waals surface area contributed by atoms with Crippen LogP contribution in [0.15, 0.2) is 27.5 Å². The maximum Gasteiger partial charge on any atom is 0.421 e. The van der Waals surface area contributed by atoms with Crippen molar-refractivity contribution in [2.24, 2.45) is 5.41 Å². The molecule has 2 aromatic heterocycles. The van der Waals surface area contributed by atoms with Gasteiger partial charge in [-0.05, 0) is 24.6 Å². The summed E-state index contributed by atoms with van der Waals surface area (Å²) in [7, 11) is 1.95. The van der Waals surface area contributed by atoms with Crippen LogP contribution in [-0.4, -0.2) is 45.8 Å². The highest BCUT2D eigenvalue weighted by Crippen LogP contribution is 2.23.